The van der Waals surface area contributed by atoms with Crippen molar-refractivity contribution < 1.29 is 9.85 Å². The van der Waals surface area contributed by atoms with Gasteiger partial charge in [0, 0.05) is 31.3 Å². The van der Waals surface area contributed by atoms with Gasteiger partial charge in [-0.1, -0.05) is 50.2 Å². The van der Waals surface area contributed by atoms with Crippen LogP contribution in [0.25, 0.3) is 0 Å². The number of nitrogens with one attached hydrogen (secondary N) is 1. The number of halogens is 2. The summed E-state index contributed by atoms with van der Waals surface area (Å²) in [7, 11) is 0. The van der Waals surface area contributed by atoms with Gasteiger partial charge >= 0.3 is 0 Å². The highest BCUT2D eigenvalue weighted by molar-refractivity contribution is 6.29. The number of pyridine rings is 2. The van der Waals surface area contributed by atoms with Crippen LogP contribution in [0.15, 0.2) is 60.5 Å². The number of nitro groups is 2. The second-order valence-corrected chi connectivity index (χ2v) is 7.34. The van der Waals surface area contributed by atoms with Gasteiger partial charge in [0.25, 0.3) is 12.4 Å². The van der Waals surface area contributed by atoms with Crippen LogP contribution in [-0.2, 0) is 6.42 Å². The van der Waals surface area contributed by atoms with Gasteiger partial charge in [0.2, 0.25) is 0 Å². The van der Waals surface area contributed by atoms with E-state index < -0.39 is 9.85 Å². The highest BCUT2D eigenvalue weighted by Gasteiger charge is 2.23. The zero-order chi connectivity index (χ0) is 22.8. The number of piperidine rings is 1. The standard InChI is InChI=1S/C11H12ClN3O2.C8H8ClN3O2.2CH4/c12-11-4-3-8(6-14-11)9-2-1-5-13-10(9)7-15(16)17;9-8-2-1-6(4-11-8)3-7(10)5-12(13)14;;/h3-4,6-7,9,13H,1-2,5H2;1-2,4-5H,3,10H2;2*1H4/b10-7-;7-5-;;. The molecule has 1 aliphatic rings. The molecular formula is C21H28Cl2N6O4. The van der Waals surface area contributed by atoms with Crippen molar-refractivity contribution in [2.45, 2.75) is 40.0 Å². The SMILES string of the molecule is C.C.N/C(=C\[N+](=O)[O-])Cc1ccc(Cl)nc1.O=[N+]([O-])/C=C1\NCCCC1c1ccc(Cl)nc1. The number of hydrogen-bond donors (Lipinski definition) is 2. The van der Waals surface area contributed by atoms with Crippen LogP contribution in [0.3, 0.4) is 0 Å². The summed E-state index contributed by atoms with van der Waals surface area (Å²) in [5.41, 5.74) is 7.96. The molecule has 0 radical (unpaired) electrons. The predicted octanol–water partition coefficient (Wildman–Crippen LogP) is 4.95. The summed E-state index contributed by atoms with van der Waals surface area (Å²) in [4.78, 5) is 27.4. The second kappa shape index (κ2) is 14.8. The van der Waals surface area contributed by atoms with Crippen LogP contribution in [0.1, 0.15) is 44.7 Å². The molecule has 1 unspecified atom stereocenters. The number of allylic oxidation sites excluding steroid dienone is 2. The van der Waals surface area contributed by atoms with Gasteiger partial charge in [-0.05, 0) is 36.1 Å². The zero-order valence-electron chi connectivity index (χ0n) is 16.3. The van der Waals surface area contributed by atoms with E-state index in [1.54, 1.807) is 24.4 Å². The summed E-state index contributed by atoms with van der Waals surface area (Å²) < 4.78 is 0. The van der Waals surface area contributed by atoms with Crippen LogP contribution in [-0.4, -0.2) is 26.4 Å². The molecule has 1 atom stereocenters. The second-order valence-electron chi connectivity index (χ2n) is 6.56. The normalized spacial score (nSPS) is 16.2. The molecule has 12 heteroatoms. The van der Waals surface area contributed by atoms with E-state index in [0.29, 0.717) is 22.4 Å². The maximum Gasteiger partial charge on any atom is 0.253 e. The number of aromatic nitrogens is 2. The molecule has 1 saturated heterocycles. The van der Waals surface area contributed by atoms with Crippen LogP contribution in [0, 0.1) is 20.2 Å². The number of nitrogens with two attached hydrogens (primary N) is 1. The minimum atomic E-state index is -0.585. The molecule has 3 heterocycles. The number of hydrogen-bond acceptors (Lipinski definition) is 8. The van der Waals surface area contributed by atoms with E-state index in [2.05, 4.69) is 15.3 Å². The summed E-state index contributed by atoms with van der Waals surface area (Å²) >= 11 is 11.3. The van der Waals surface area contributed by atoms with Gasteiger partial charge in [0.05, 0.1) is 21.2 Å². The molecule has 0 aliphatic carbocycles. The zero-order valence-corrected chi connectivity index (χ0v) is 17.8. The summed E-state index contributed by atoms with van der Waals surface area (Å²) in [6, 6.07) is 6.89. The Kier molecular flexibility index (Phi) is 13.3. The molecule has 33 heavy (non-hydrogen) atoms. The summed E-state index contributed by atoms with van der Waals surface area (Å²) in [5, 5.41) is 24.5. The van der Waals surface area contributed by atoms with E-state index in [1.807, 2.05) is 6.07 Å². The van der Waals surface area contributed by atoms with Crippen molar-refractivity contribution in [3.63, 3.8) is 0 Å². The highest BCUT2D eigenvalue weighted by atomic mass is 35.5. The maximum absolute atomic E-state index is 10.6. The predicted molar refractivity (Wildman–Crippen MR) is 130 cm³/mol. The van der Waals surface area contributed by atoms with Gasteiger partial charge in [-0.15, -0.1) is 0 Å². The maximum atomic E-state index is 10.6. The third-order valence-electron chi connectivity index (χ3n) is 4.24. The number of rotatable bonds is 5. The van der Waals surface area contributed by atoms with Crippen LogP contribution in [0.4, 0.5) is 0 Å². The third kappa shape index (κ3) is 10.8. The van der Waals surface area contributed by atoms with Crippen molar-refractivity contribution in [3.8, 4) is 0 Å². The average molecular weight is 499 g/mol. The fourth-order valence-electron chi connectivity index (χ4n) is 2.93. The average Bonchev–Trinajstić information content (AvgIpc) is 2.70. The fourth-order valence-corrected chi connectivity index (χ4v) is 3.16. The van der Waals surface area contributed by atoms with Crippen LogP contribution in [0.2, 0.25) is 10.3 Å². The monoisotopic (exact) mass is 498 g/mol. The Bertz CT molecular complexity index is 966. The van der Waals surface area contributed by atoms with E-state index in [1.165, 1.54) is 6.20 Å². The molecule has 3 N–H and O–H groups in total. The van der Waals surface area contributed by atoms with Crippen molar-refractivity contribution in [3.05, 3.63) is 102 Å². The first-order valence-electron chi connectivity index (χ1n) is 9.15. The van der Waals surface area contributed by atoms with Crippen molar-refractivity contribution in [2.75, 3.05) is 6.54 Å². The van der Waals surface area contributed by atoms with Gasteiger partial charge in [0.1, 0.15) is 10.3 Å². The van der Waals surface area contributed by atoms with E-state index in [9.17, 15) is 20.2 Å². The fraction of sp³-hybridized carbons (Fsp3) is 0.333. The van der Waals surface area contributed by atoms with Crippen molar-refractivity contribution in [2.24, 2.45) is 5.73 Å². The van der Waals surface area contributed by atoms with Crippen molar-refractivity contribution >= 4 is 23.2 Å². The van der Waals surface area contributed by atoms with Crippen LogP contribution in [0.5, 0.6) is 0 Å². The van der Waals surface area contributed by atoms with Gasteiger partial charge in [-0.2, -0.15) is 0 Å². The molecule has 3 rings (SSSR count). The largest absolute Gasteiger partial charge is 0.397 e. The van der Waals surface area contributed by atoms with Crippen LogP contribution >= 0.6 is 23.2 Å². The molecular weight excluding hydrogens is 471 g/mol. The molecule has 1 aliphatic heterocycles. The molecule has 0 amide bonds. The molecule has 2 aromatic rings. The Morgan fingerprint density at radius 2 is 1.73 bits per heavy atom. The Labute approximate surface area is 202 Å². The summed E-state index contributed by atoms with van der Waals surface area (Å²) in [5.74, 6) is 0.0129. The van der Waals surface area contributed by atoms with Crippen molar-refractivity contribution in [1.82, 2.24) is 15.3 Å². The van der Waals surface area contributed by atoms with Gasteiger partial charge < -0.3 is 11.1 Å². The minimum absolute atomic E-state index is 0. The molecule has 0 saturated carbocycles. The Morgan fingerprint density at radius 3 is 2.24 bits per heavy atom. The molecule has 0 bridgehead atoms. The lowest BCUT2D eigenvalue weighted by atomic mass is 9.90. The molecule has 1 fully saturated rings. The lowest BCUT2D eigenvalue weighted by Gasteiger charge is -2.25. The molecule has 180 valence electrons. The summed E-state index contributed by atoms with van der Waals surface area (Å²) in [6.07, 6.45) is 7.19. The highest BCUT2D eigenvalue weighted by Crippen LogP contribution is 2.30. The lowest BCUT2D eigenvalue weighted by molar-refractivity contribution is -0.404. The van der Waals surface area contributed by atoms with Gasteiger partial charge in [0.15, 0.2) is 0 Å². The van der Waals surface area contributed by atoms with Gasteiger partial charge in [-0.3, -0.25) is 20.2 Å². The Morgan fingerprint density at radius 1 is 1.09 bits per heavy atom. The molecule has 0 aromatic carbocycles. The topological polar surface area (TPSA) is 150 Å². The van der Waals surface area contributed by atoms with Crippen molar-refractivity contribution in [1.29, 1.82) is 0 Å². The molecule has 10 nitrogen and oxygen atoms in total. The van der Waals surface area contributed by atoms with E-state index in [4.69, 9.17) is 28.9 Å². The van der Waals surface area contributed by atoms with Crippen LogP contribution < -0.4 is 11.1 Å². The number of nitrogens with zero attached hydrogens (tertiary/aromatic N) is 4. The Balaban J connectivity index is 0.000000596. The Hall–Kier alpha value is -3.24. The van der Waals surface area contributed by atoms with E-state index in [0.717, 1.165) is 42.9 Å². The summed E-state index contributed by atoms with van der Waals surface area (Å²) in [6.45, 7) is 0.775. The van der Waals surface area contributed by atoms with E-state index in [-0.39, 0.29) is 26.5 Å². The first-order chi connectivity index (χ1) is 14.7. The minimum Gasteiger partial charge on any atom is -0.397 e. The quantitative estimate of drug-likeness (QED) is 0.333. The van der Waals surface area contributed by atoms with Gasteiger partial charge in [-0.25, -0.2) is 9.97 Å². The first kappa shape index (κ1) is 29.8. The smallest absolute Gasteiger partial charge is 0.253 e. The lowest BCUT2D eigenvalue weighted by Crippen LogP contribution is -2.27. The first-order valence-corrected chi connectivity index (χ1v) is 9.91. The molecule has 0 spiro atoms. The third-order valence-corrected chi connectivity index (χ3v) is 4.69. The van der Waals surface area contributed by atoms with E-state index >= 15 is 0 Å². The molecule has 2 aromatic heterocycles.